The van der Waals surface area contributed by atoms with Crippen molar-refractivity contribution >= 4 is 35.3 Å². The van der Waals surface area contributed by atoms with Crippen molar-refractivity contribution in [1.82, 2.24) is 14.8 Å². The van der Waals surface area contributed by atoms with E-state index in [9.17, 15) is 4.79 Å². The largest absolute Gasteiger partial charge is 0.384 e. The van der Waals surface area contributed by atoms with Gasteiger partial charge in [-0.1, -0.05) is 17.4 Å². The van der Waals surface area contributed by atoms with Gasteiger partial charge < -0.3 is 20.4 Å². The van der Waals surface area contributed by atoms with Crippen LogP contribution in [0.4, 0.5) is 5.82 Å². The molecule has 2 rings (SSSR count). The van der Waals surface area contributed by atoms with E-state index in [4.69, 9.17) is 22.7 Å². The maximum absolute atomic E-state index is 12.2. The van der Waals surface area contributed by atoms with E-state index in [1.54, 1.807) is 10.6 Å². The molecular formula is C13H20N4O2S2. The lowest BCUT2D eigenvalue weighted by Gasteiger charge is -2.26. The van der Waals surface area contributed by atoms with Gasteiger partial charge in [-0.25, -0.2) is 0 Å². The van der Waals surface area contributed by atoms with E-state index in [2.05, 4.69) is 16.8 Å². The van der Waals surface area contributed by atoms with Crippen LogP contribution in [-0.4, -0.2) is 54.8 Å². The van der Waals surface area contributed by atoms with Crippen molar-refractivity contribution < 1.29 is 9.53 Å². The Morgan fingerprint density at radius 2 is 2.24 bits per heavy atom. The number of anilines is 1. The summed E-state index contributed by atoms with van der Waals surface area (Å²) in [5, 5.41) is 2.89. The van der Waals surface area contributed by atoms with Crippen molar-refractivity contribution in [2.24, 2.45) is 0 Å². The molecule has 1 aliphatic rings. The van der Waals surface area contributed by atoms with Gasteiger partial charge in [0.05, 0.1) is 13.2 Å². The Labute approximate surface area is 133 Å². The van der Waals surface area contributed by atoms with Crippen molar-refractivity contribution in [1.29, 1.82) is 0 Å². The average Bonchev–Trinajstić information content (AvgIpc) is 2.77. The third-order valence-corrected chi connectivity index (χ3v) is 4.73. The zero-order valence-corrected chi connectivity index (χ0v) is 13.5. The van der Waals surface area contributed by atoms with Gasteiger partial charge in [0.15, 0.2) is 3.95 Å². The SMILES string of the molecule is C=CCn1c(N)c(C(=O)NCCN2CCOCC2)sc1=S. The highest BCUT2D eigenvalue weighted by molar-refractivity contribution is 7.73. The van der Waals surface area contributed by atoms with Gasteiger partial charge in [-0.05, 0) is 12.2 Å². The number of aromatic nitrogens is 1. The first-order chi connectivity index (χ1) is 10.1. The molecular weight excluding hydrogens is 308 g/mol. The lowest BCUT2D eigenvalue weighted by Crippen LogP contribution is -2.41. The zero-order valence-electron chi connectivity index (χ0n) is 11.8. The predicted molar refractivity (Wildman–Crippen MR) is 87.3 cm³/mol. The fraction of sp³-hybridized carbons (Fsp3) is 0.538. The summed E-state index contributed by atoms with van der Waals surface area (Å²) in [6, 6.07) is 0. The van der Waals surface area contributed by atoms with Crippen molar-refractivity contribution in [3.05, 3.63) is 21.5 Å². The zero-order chi connectivity index (χ0) is 15.2. The van der Waals surface area contributed by atoms with Crippen LogP contribution in [0.2, 0.25) is 0 Å². The van der Waals surface area contributed by atoms with Gasteiger partial charge >= 0.3 is 0 Å². The quantitative estimate of drug-likeness (QED) is 0.604. The van der Waals surface area contributed by atoms with E-state index in [1.165, 1.54) is 11.3 Å². The van der Waals surface area contributed by atoms with E-state index in [0.29, 0.717) is 27.7 Å². The summed E-state index contributed by atoms with van der Waals surface area (Å²) < 4.78 is 7.59. The van der Waals surface area contributed by atoms with Gasteiger partial charge in [-0.15, -0.1) is 6.58 Å². The molecule has 6 nitrogen and oxygen atoms in total. The molecule has 1 aromatic heterocycles. The number of nitrogens with two attached hydrogens (primary N) is 1. The Kier molecular flexibility index (Phi) is 5.92. The Hall–Kier alpha value is -1.22. The minimum Gasteiger partial charge on any atom is -0.384 e. The second-order valence-corrected chi connectivity index (χ2v) is 6.34. The van der Waals surface area contributed by atoms with Gasteiger partial charge in [-0.3, -0.25) is 9.69 Å². The van der Waals surface area contributed by atoms with Crippen LogP contribution in [0.3, 0.4) is 0 Å². The number of nitrogen functional groups attached to an aromatic ring is 1. The highest BCUT2D eigenvalue weighted by Crippen LogP contribution is 2.21. The van der Waals surface area contributed by atoms with E-state index in [-0.39, 0.29) is 5.91 Å². The maximum atomic E-state index is 12.2. The van der Waals surface area contributed by atoms with Gasteiger partial charge in [0.1, 0.15) is 10.7 Å². The number of carbonyl (C=O) groups is 1. The van der Waals surface area contributed by atoms with Crippen molar-refractivity contribution in [2.45, 2.75) is 6.54 Å². The van der Waals surface area contributed by atoms with E-state index in [1.807, 2.05) is 0 Å². The maximum Gasteiger partial charge on any atom is 0.265 e. The molecule has 21 heavy (non-hydrogen) atoms. The van der Waals surface area contributed by atoms with E-state index in [0.717, 1.165) is 32.8 Å². The molecule has 0 unspecified atom stereocenters. The summed E-state index contributed by atoms with van der Waals surface area (Å²) in [6.07, 6.45) is 1.71. The first-order valence-corrected chi connectivity index (χ1v) is 8.04. The van der Waals surface area contributed by atoms with Gasteiger partial charge in [0.25, 0.3) is 5.91 Å². The number of carbonyl (C=O) groups excluding carboxylic acids is 1. The highest BCUT2D eigenvalue weighted by Gasteiger charge is 2.17. The molecule has 3 N–H and O–H groups in total. The molecule has 0 aromatic carbocycles. The topological polar surface area (TPSA) is 72.5 Å². The number of rotatable bonds is 6. The predicted octanol–water partition coefficient (Wildman–Crippen LogP) is 1.11. The smallest absolute Gasteiger partial charge is 0.265 e. The number of thiazole rings is 1. The lowest BCUT2D eigenvalue weighted by atomic mass is 10.4. The van der Waals surface area contributed by atoms with Crippen molar-refractivity contribution in [2.75, 3.05) is 45.1 Å². The third kappa shape index (κ3) is 4.13. The molecule has 1 amide bonds. The minimum atomic E-state index is -0.167. The second-order valence-electron chi connectivity index (χ2n) is 4.69. The summed E-state index contributed by atoms with van der Waals surface area (Å²) in [5.41, 5.74) is 5.98. The molecule has 0 aliphatic carbocycles. The number of ether oxygens (including phenoxy) is 1. The molecule has 0 saturated carbocycles. The number of hydrogen-bond donors (Lipinski definition) is 2. The van der Waals surface area contributed by atoms with Crippen LogP contribution in [0.1, 0.15) is 9.67 Å². The van der Waals surface area contributed by atoms with Crippen molar-refractivity contribution in [3.8, 4) is 0 Å². The number of amides is 1. The van der Waals surface area contributed by atoms with Gasteiger partial charge in [-0.2, -0.15) is 0 Å². The summed E-state index contributed by atoms with van der Waals surface area (Å²) >= 11 is 6.45. The fourth-order valence-corrected chi connectivity index (χ4v) is 3.37. The Balaban J connectivity index is 1.89. The lowest BCUT2D eigenvalue weighted by molar-refractivity contribution is 0.0383. The number of hydrogen-bond acceptors (Lipinski definition) is 6. The first kappa shape index (κ1) is 16.2. The van der Waals surface area contributed by atoms with Gasteiger partial charge in [0.2, 0.25) is 0 Å². The fourth-order valence-electron chi connectivity index (χ4n) is 2.11. The number of nitrogens with zero attached hydrogens (tertiary/aromatic N) is 2. The molecule has 0 spiro atoms. The molecule has 8 heteroatoms. The van der Waals surface area contributed by atoms with Crippen LogP contribution in [0, 0.1) is 3.95 Å². The normalized spacial score (nSPS) is 15.8. The summed E-state index contributed by atoms with van der Waals surface area (Å²) in [4.78, 5) is 14.9. The number of morpholine rings is 1. The molecule has 1 aliphatic heterocycles. The Bertz CT molecular complexity index is 561. The minimum absolute atomic E-state index is 0.167. The molecule has 1 saturated heterocycles. The van der Waals surface area contributed by atoms with E-state index >= 15 is 0 Å². The van der Waals surface area contributed by atoms with Crippen LogP contribution in [0.25, 0.3) is 0 Å². The Morgan fingerprint density at radius 1 is 1.52 bits per heavy atom. The summed E-state index contributed by atoms with van der Waals surface area (Å²) in [6.45, 7) is 8.91. The van der Waals surface area contributed by atoms with Crippen LogP contribution in [0.15, 0.2) is 12.7 Å². The molecule has 0 bridgehead atoms. The van der Waals surface area contributed by atoms with Gasteiger partial charge in [0, 0.05) is 32.7 Å². The molecule has 116 valence electrons. The molecule has 1 aromatic rings. The number of nitrogens with one attached hydrogen (secondary N) is 1. The molecule has 1 fully saturated rings. The second kappa shape index (κ2) is 7.69. The Morgan fingerprint density at radius 3 is 2.90 bits per heavy atom. The van der Waals surface area contributed by atoms with Crippen LogP contribution >= 0.6 is 23.6 Å². The molecule has 2 heterocycles. The van der Waals surface area contributed by atoms with E-state index < -0.39 is 0 Å². The third-order valence-electron chi connectivity index (χ3n) is 3.27. The standard InChI is InChI=1S/C13H20N4O2S2/c1-2-4-17-11(14)10(21-13(17)20)12(18)15-3-5-16-6-8-19-9-7-16/h2H,1,3-9,14H2,(H,15,18). The average molecular weight is 328 g/mol. The molecule has 0 radical (unpaired) electrons. The van der Waals surface area contributed by atoms with Crippen LogP contribution in [-0.2, 0) is 11.3 Å². The van der Waals surface area contributed by atoms with Crippen LogP contribution < -0.4 is 11.1 Å². The highest BCUT2D eigenvalue weighted by atomic mass is 32.1. The van der Waals surface area contributed by atoms with Crippen LogP contribution in [0.5, 0.6) is 0 Å². The van der Waals surface area contributed by atoms with Crippen molar-refractivity contribution in [3.63, 3.8) is 0 Å². The summed E-state index contributed by atoms with van der Waals surface area (Å²) in [7, 11) is 0. The number of allylic oxidation sites excluding steroid dienone is 1. The molecule has 0 atom stereocenters. The monoisotopic (exact) mass is 328 g/mol. The first-order valence-electron chi connectivity index (χ1n) is 6.81. The summed E-state index contributed by atoms with van der Waals surface area (Å²) in [5.74, 6) is 0.244.